The van der Waals surface area contributed by atoms with Gasteiger partial charge in [-0.2, -0.15) is 0 Å². The second kappa shape index (κ2) is 7.70. The Labute approximate surface area is 135 Å². The number of benzene rings is 1. The molecule has 2 rings (SSSR count). The maximum absolute atomic E-state index is 10.8. The number of carboxylic acid groups (broad SMARTS) is 1. The summed E-state index contributed by atoms with van der Waals surface area (Å²) in [5, 5.41) is 9.31. The van der Waals surface area contributed by atoms with Crippen molar-refractivity contribution in [1.82, 2.24) is 0 Å². The van der Waals surface area contributed by atoms with Crippen LogP contribution >= 0.6 is 11.6 Å². The molecule has 0 aromatic heterocycles. The second-order valence-electron chi connectivity index (χ2n) is 5.56. The molecule has 0 aliphatic heterocycles. The Hall–Kier alpha value is -1.46. The van der Waals surface area contributed by atoms with Gasteiger partial charge in [0.1, 0.15) is 0 Å². The Morgan fingerprint density at radius 1 is 1.45 bits per heavy atom. The molecule has 1 aromatic rings. The third-order valence-corrected chi connectivity index (χ3v) is 4.28. The third kappa shape index (κ3) is 4.05. The number of carbonyl (C=O) groups is 1. The molecule has 0 radical (unpaired) electrons. The molecule has 0 saturated heterocycles. The van der Waals surface area contributed by atoms with Gasteiger partial charge in [-0.1, -0.05) is 11.6 Å². The number of carboxylic acids is 1. The number of halogens is 1. The predicted octanol–water partition coefficient (Wildman–Crippen LogP) is 3.53. The zero-order chi connectivity index (χ0) is 16.1. The fourth-order valence-corrected chi connectivity index (χ4v) is 3.07. The Bertz CT molecular complexity index is 529. The van der Waals surface area contributed by atoms with Crippen molar-refractivity contribution in [3.05, 3.63) is 22.7 Å². The highest BCUT2D eigenvalue weighted by Crippen LogP contribution is 2.42. The first-order valence-electron chi connectivity index (χ1n) is 7.53. The number of aliphatic carboxylic acids is 1. The van der Waals surface area contributed by atoms with Crippen molar-refractivity contribution >= 4 is 17.6 Å². The van der Waals surface area contributed by atoms with Gasteiger partial charge in [0.15, 0.2) is 11.5 Å². The summed E-state index contributed by atoms with van der Waals surface area (Å²) in [6.45, 7) is 0. The molecule has 0 heterocycles. The van der Waals surface area contributed by atoms with E-state index in [4.69, 9.17) is 31.9 Å². The lowest BCUT2D eigenvalue weighted by Gasteiger charge is -2.23. The van der Waals surface area contributed by atoms with Crippen molar-refractivity contribution < 1.29 is 19.4 Å². The molecule has 122 valence electrons. The highest BCUT2D eigenvalue weighted by Gasteiger charge is 2.25. The molecule has 1 aliphatic rings. The van der Waals surface area contributed by atoms with Gasteiger partial charge in [0.25, 0.3) is 0 Å². The van der Waals surface area contributed by atoms with Crippen LogP contribution in [-0.4, -0.2) is 24.3 Å². The zero-order valence-corrected chi connectivity index (χ0v) is 13.4. The quantitative estimate of drug-likeness (QED) is 0.800. The average molecular weight is 328 g/mol. The monoisotopic (exact) mass is 327 g/mol. The molecule has 1 unspecified atom stereocenters. The van der Waals surface area contributed by atoms with Crippen LogP contribution < -0.4 is 15.2 Å². The van der Waals surface area contributed by atoms with Crippen molar-refractivity contribution in [2.24, 2.45) is 5.73 Å². The van der Waals surface area contributed by atoms with E-state index in [1.165, 1.54) is 0 Å². The molecule has 0 amide bonds. The van der Waals surface area contributed by atoms with Gasteiger partial charge in [-0.15, -0.1) is 0 Å². The van der Waals surface area contributed by atoms with Crippen LogP contribution in [-0.2, 0) is 4.79 Å². The highest BCUT2D eigenvalue weighted by atomic mass is 35.5. The van der Waals surface area contributed by atoms with E-state index in [0.717, 1.165) is 25.7 Å². The molecule has 0 spiro atoms. The van der Waals surface area contributed by atoms with Crippen LogP contribution in [0, 0.1) is 0 Å². The van der Waals surface area contributed by atoms with Crippen LogP contribution in [0.5, 0.6) is 11.5 Å². The topological polar surface area (TPSA) is 81.8 Å². The summed E-state index contributed by atoms with van der Waals surface area (Å²) in [5.41, 5.74) is 6.79. The Balaban J connectivity index is 2.29. The molecular formula is C16H22ClNO4. The molecule has 1 atom stereocenters. The molecule has 6 heteroatoms. The van der Waals surface area contributed by atoms with Crippen LogP contribution in [0.2, 0.25) is 5.02 Å². The molecule has 1 saturated carbocycles. The van der Waals surface area contributed by atoms with E-state index >= 15 is 0 Å². The van der Waals surface area contributed by atoms with E-state index in [1.54, 1.807) is 19.2 Å². The normalized spacial score (nSPS) is 16.5. The van der Waals surface area contributed by atoms with Gasteiger partial charge >= 0.3 is 5.97 Å². The lowest BCUT2D eigenvalue weighted by Crippen LogP contribution is -2.18. The summed E-state index contributed by atoms with van der Waals surface area (Å²) >= 11 is 6.29. The number of hydrogen-bond acceptors (Lipinski definition) is 4. The minimum Gasteiger partial charge on any atom is -0.493 e. The van der Waals surface area contributed by atoms with E-state index in [2.05, 4.69) is 0 Å². The third-order valence-electron chi connectivity index (χ3n) is 3.95. The molecule has 1 fully saturated rings. The van der Waals surface area contributed by atoms with Gasteiger partial charge in [0.2, 0.25) is 0 Å². The molecule has 22 heavy (non-hydrogen) atoms. The lowest BCUT2D eigenvalue weighted by molar-refractivity contribution is -0.137. The van der Waals surface area contributed by atoms with Crippen molar-refractivity contribution in [3.63, 3.8) is 0 Å². The number of ether oxygens (including phenoxy) is 2. The van der Waals surface area contributed by atoms with Gasteiger partial charge in [-0.05, 0) is 44.2 Å². The Kier molecular flexibility index (Phi) is 5.91. The molecule has 1 aliphatic carbocycles. The lowest BCUT2D eigenvalue weighted by atomic mass is 10.0. The summed E-state index contributed by atoms with van der Waals surface area (Å²) < 4.78 is 11.5. The maximum Gasteiger partial charge on any atom is 0.303 e. The molecule has 3 N–H and O–H groups in total. The second-order valence-corrected chi connectivity index (χ2v) is 5.96. The first-order valence-corrected chi connectivity index (χ1v) is 7.91. The number of nitrogens with two attached hydrogens (primary N) is 1. The molecular weight excluding hydrogens is 306 g/mol. The highest BCUT2D eigenvalue weighted by molar-refractivity contribution is 6.31. The van der Waals surface area contributed by atoms with Crippen molar-refractivity contribution in [2.75, 3.05) is 7.11 Å². The van der Waals surface area contributed by atoms with Crippen LogP contribution in [0.4, 0.5) is 0 Å². The van der Waals surface area contributed by atoms with Crippen molar-refractivity contribution in [1.29, 1.82) is 0 Å². The number of rotatable bonds is 7. The summed E-state index contributed by atoms with van der Waals surface area (Å²) in [4.78, 5) is 10.8. The number of methoxy groups -OCH3 is 1. The van der Waals surface area contributed by atoms with E-state index in [9.17, 15) is 4.79 Å². The Morgan fingerprint density at radius 2 is 2.14 bits per heavy atom. The van der Waals surface area contributed by atoms with Gasteiger partial charge in [0, 0.05) is 23.0 Å². The van der Waals surface area contributed by atoms with Crippen LogP contribution in [0.1, 0.15) is 50.1 Å². The first-order chi connectivity index (χ1) is 10.5. The van der Waals surface area contributed by atoms with E-state index < -0.39 is 12.0 Å². The summed E-state index contributed by atoms with van der Waals surface area (Å²) in [7, 11) is 1.57. The fourth-order valence-electron chi connectivity index (χ4n) is 2.78. The van der Waals surface area contributed by atoms with Gasteiger partial charge in [0.05, 0.1) is 13.2 Å². The average Bonchev–Trinajstić information content (AvgIpc) is 2.98. The minimum atomic E-state index is -0.882. The van der Waals surface area contributed by atoms with E-state index in [1.807, 2.05) is 0 Å². The minimum absolute atomic E-state index is 0.0163. The SMILES string of the molecule is COc1ccc(Cl)c(C(N)CCC(=O)O)c1OC1CCCC1. The van der Waals surface area contributed by atoms with E-state index in [-0.39, 0.29) is 12.5 Å². The smallest absolute Gasteiger partial charge is 0.303 e. The fraction of sp³-hybridized carbons (Fsp3) is 0.562. The maximum atomic E-state index is 10.8. The largest absolute Gasteiger partial charge is 0.493 e. The zero-order valence-electron chi connectivity index (χ0n) is 12.7. The van der Waals surface area contributed by atoms with Crippen LogP contribution in [0.25, 0.3) is 0 Å². The van der Waals surface area contributed by atoms with Crippen LogP contribution in [0.3, 0.4) is 0 Å². The predicted molar refractivity (Wildman–Crippen MR) is 84.7 cm³/mol. The summed E-state index contributed by atoms with van der Waals surface area (Å²) in [6, 6.07) is 2.95. The number of hydrogen-bond donors (Lipinski definition) is 2. The Morgan fingerprint density at radius 3 is 2.73 bits per heavy atom. The van der Waals surface area contributed by atoms with Gasteiger partial charge in [-0.25, -0.2) is 0 Å². The summed E-state index contributed by atoms with van der Waals surface area (Å²) in [6.07, 6.45) is 4.71. The van der Waals surface area contributed by atoms with Gasteiger partial charge in [-0.3, -0.25) is 4.79 Å². The van der Waals surface area contributed by atoms with Gasteiger partial charge < -0.3 is 20.3 Å². The van der Waals surface area contributed by atoms with Crippen molar-refractivity contribution in [2.45, 2.75) is 50.7 Å². The first kappa shape index (κ1) is 16.9. The standard InChI is InChI=1S/C16H22ClNO4/c1-21-13-8-6-11(17)15(12(18)7-9-14(19)20)16(13)22-10-4-2-3-5-10/h6,8,10,12H,2-5,7,9,18H2,1H3,(H,19,20). The summed E-state index contributed by atoms with van der Waals surface area (Å²) in [5.74, 6) is 0.254. The van der Waals surface area contributed by atoms with Crippen molar-refractivity contribution in [3.8, 4) is 11.5 Å². The van der Waals surface area contributed by atoms with Crippen LogP contribution in [0.15, 0.2) is 12.1 Å². The molecule has 0 bridgehead atoms. The molecule has 1 aromatic carbocycles. The van der Waals surface area contributed by atoms with E-state index in [0.29, 0.717) is 28.5 Å². The molecule has 5 nitrogen and oxygen atoms in total.